The monoisotopic (exact) mass is 227 g/mol. The molecular weight excluding hydrogens is 214 g/mol. The number of aromatic nitrogens is 2. The number of halogens is 1. The van der Waals surface area contributed by atoms with Crippen LogP contribution in [0.4, 0.5) is 5.82 Å². The molecule has 82 valence electrons. The molecule has 2 rings (SSSR count). The van der Waals surface area contributed by atoms with Gasteiger partial charge in [-0.15, -0.1) is 0 Å². The Kier molecular flexibility index (Phi) is 3.07. The van der Waals surface area contributed by atoms with Crippen molar-refractivity contribution in [3.05, 3.63) is 17.0 Å². The highest BCUT2D eigenvalue weighted by Gasteiger charge is 2.29. The van der Waals surface area contributed by atoms with Crippen LogP contribution in [-0.4, -0.2) is 35.8 Å². The van der Waals surface area contributed by atoms with Crippen LogP contribution in [0.3, 0.4) is 0 Å². The number of hydrogen-bond acceptors (Lipinski definition) is 4. The maximum Gasteiger partial charge on any atom is 0.137 e. The van der Waals surface area contributed by atoms with Crippen LogP contribution >= 0.6 is 11.6 Å². The molecule has 0 saturated carbocycles. The molecule has 0 N–H and O–H groups in total. The van der Waals surface area contributed by atoms with Gasteiger partial charge in [0, 0.05) is 25.3 Å². The molecule has 2 heterocycles. The van der Waals surface area contributed by atoms with Gasteiger partial charge >= 0.3 is 0 Å². The van der Waals surface area contributed by atoms with E-state index in [1.165, 1.54) is 6.33 Å². The van der Waals surface area contributed by atoms with Crippen LogP contribution in [0.2, 0.25) is 5.15 Å². The summed E-state index contributed by atoms with van der Waals surface area (Å²) >= 11 is 5.93. The van der Waals surface area contributed by atoms with E-state index < -0.39 is 0 Å². The van der Waals surface area contributed by atoms with Crippen LogP contribution in [0.25, 0.3) is 0 Å². The Morgan fingerprint density at radius 2 is 2.27 bits per heavy atom. The van der Waals surface area contributed by atoms with Gasteiger partial charge in [0.1, 0.15) is 17.3 Å². The molecule has 4 nitrogen and oxygen atoms in total. The van der Waals surface area contributed by atoms with Gasteiger partial charge in [-0.2, -0.15) is 0 Å². The van der Waals surface area contributed by atoms with E-state index in [1.807, 2.05) is 13.8 Å². The number of nitrogens with zero attached hydrogens (tertiary/aromatic N) is 3. The summed E-state index contributed by atoms with van der Waals surface area (Å²) in [6.07, 6.45) is 1.83. The first-order chi connectivity index (χ1) is 7.22. The number of rotatable bonds is 3. The van der Waals surface area contributed by atoms with Gasteiger partial charge in [-0.1, -0.05) is 11.6 Å². The summed E-state index contributed by atoms with van der Waals surface area (Å²) in [4.78, 5) is 10.3. The average molecular weight is 228 g/mol. The maximum absolute atomic E-state index is 5.93. The third-order valence-corrected chi connectivity index (χ3v) is 2.93. The van der Waals surface area contributed by atoms with E-state index in [0.29, 0.717) is 11.3 Å². The fraction of sp³-hybridized carbons (Fsp3) is 0.600. The van der Waals surface area contributed by atoms with Crippen molar-refractivity contribution in [2.24, 2.45) is 0 Å². The van der Waals surface area contributed by atoms with Crippen LogP contribution in [0.5, 0.6) is 0 Å². The zero-order valence-electron chi connectivity index (χ0n) is 8.90. The molecule has 1 aromatic rings. The van der Waals surface area contributed by atoms with E-state index >= 15 is 0 Å². The summed E-state index contributed by atoms with van der Waals surface area (Å²) in [7, 11) is 0. The number of ether oxygens (including phenoxy) is 1. The van der Waals surface area contributed by atoms with E-state index in [1.54, 1.807) is 0 Å². The molecule has 0 unspecified atom stereocenters. The molecule has 0 aromatic carbocycles. The van der Waals surface area contributed by atoms with E-state index in [9.17, 15) is 0 Å². The first kappa shape index (κ1) is 10.6. The Bertz CT molecular complexity index is 353. The highest BCUT2D eigenvalue weighted by Crippen LogP contribution is 2.26. The molecule has 1 fully saturated rings. The molecule has 1 aliphatic rings. The van der Waals surface area contributed by atoms with Gasteiger partial charge in [0.2, 0.25) is 0 Å². The lowest BCUT2D eigenvalue weighted by Gasteiger charge is -2.40. The normalized spacial score (nSPS) is 16.6. The molecule has 0 spiro atoms. The Morgan fingerprint density at radius 3 is 2.93 bits per heavy atom. The molecule has 1 aliphatic heterocycles. The van der Waals surface area contributed by atoms with E-state index in [-0.39, 0.29) is 0 Å². The number of anilines is 1. The summed E-state index contributed by atoms with van der Waals surface area (Å²) in [5, 5.41) is 0.528. The average Bonchev–Trinajstić information content (AvgIpc) is 2.16. The van der Waals surface area contributed by atoms with Crippen molar-refractivity contribution < 1.29 is 4.74 Å². The van der Waals surface area contributed by atoms with Gasteiger partial charge in [0.25, 0.3) is 0 Å². The van der Waals surface area contributed by atoms with Gasteiger partial charge in [0.05, 0.1) is 6.10 Å². The Hall–Kier alpha value is -0.870. The predicted octanol–water partition coefficient (Wildman–Crippen LogP) is 1.66. The van der Waals surface area contributed by atoms with Crippen molar-refractivity contribution in [2.75, 3.05) is 24.6 Å². The van der Waals surface area contributed by atoms with Crippen LogP contribution in [0, 0.1) is 6.92 Å². The van der Waals surface area contributed by atoms with E-state index in [2.05, 4.69) is 14.9 Å². The molecule has 15 heavy (non-hydrogen) atoms. The van der Waals surface area contributed by atoms with Crippen molar-refractivity contribution >= 4 is 17.4 Å². The lowest BCUT2D eigenvalue weighted by molar-refractivity contribution is 0.0426. The third-order valence-electron chi connectivity index (χ3n) is 2.55. The van der Waals surface area contributed by atoms with Crippen molar-refractivity contribution in [3.8, 4) is 0 Å². The Morgan fingerprint density at radius 1 is 1.53 bits per heavy atom. The zero-order valence-corrected chi connectivity index (χ0v) is 9.66. The van der Waals surface area contributed by atoms with Crippen LogP contribution in [0.15, 0.2) is 6.33 Å². The van der Waals surface area contributed by atoms with Gasteiger partial charge < -0.3 is 9.64 Å². The molecule has 0 bridgehead atoms. The standard InChI is InChI=1S/C10H14ClN3O/c1-3-15-8-4-14(5-8)10-7(2)9(11)12-6-13-10/h6,8H,3-5H2,1-2H3. The van der Waals surface area contributed by atoms with Crippen molar-refractivity contribution in [1.29, 1.82) is 0 Å². The van der Waals surface area contributed by atoms with Crippen LogP contribution in [-0.2, 0) is 4.74 Å². The Balaban J connectivity index is 2.04. The van der Waals surface area contributed by atoms with Gasteiger partial charge in [-0.3, -0.25) is 0 Å². The number of hydrogen-bond donors (Lipinski definition) is 0. The summed E-state index contributed by atoms with van der Waals surface area (Å²) in [5.41, 5.74) is 0.939. The van der Waals surface area contributed by atoms with Crippen molar-refractivity contribution in [3.63, 3.8) is 0 Å². The first-order valence-corrected chi connectivity index (χ1v) is 5.43. The topological polar surface area (TPSA) is 38.2 Å². The van der Waals surface area contributed by atoms with Crippen molar-refractivity contribution in [1.82, 2.24) is 9.97 Å². The van der Waals surface area contributed by atoms with Gasteiger partial charge in [-0.25, -0.2) is 9.97 Å². The van der Waals surface area contributed by atoms with Crippen LogP contribution < -0.4 is 4.90 Å². The fourth-order valence-electron chi connectivity index (χ4n) is 1.69. The van der Waals surface area contributed by atoms with Crippen molar-refractivity contribution in [2.45, 2.75) is 20.0 Å². The molecule has 1 saturated heterocycles. The fourth-order valence-corrected chi connectivity index (χ4v) is 1.82. The van der Waals surface area contributed by atoms with Gasteiger partial charge in [0.15, 0.2) is 0 Å². The molecule has 5 heteroatoms. The summed E-state index contributed by atoms with van der Waals surface area (Å²) in [6.45, 7) is 6.49. The molecular formula is C10H14ClN3O. The highest BCUT2D eigenvalue weighted by molar-refractivity contribution is 6.30. The molecule has 0 atom stereocenters. The second kappa shape index (κ2) is 4.33. The smallest absolute Gasteiger partial charge is 0.137 e. The zero-order chi connectivity index (χ0) is 10.8. The summed E-state index contributed by atoms with van der Waals surface area (Å²) in [6, 6.07) is 0. The summed E-state index contributed by atoms with van der Waals surface area (Å²) in [5.74, 6) is 0.922. The molecule has 0 radical (unpaired) electrons. The minimum absolute atomic E-state index is 0.336. The largest absolute Gasteiger partial charge is 0.375 e. The quantitative estimate of drug-likeness (QED) is 0.737. The van der Waals surface area contributed by atoms with E-state index in [0.717, 1.165) is 31.1 Å². The van der Waals surface area contributed by atoms with E-state index in [4.69, 9.17) is 16.3 Å². The predicted molar refractivity (Wildman–Crippen MR) is 59.4 cm³/mol. The Labute approximate surface area is 94.2 Å². The highest BCUT2D eigenvalue weighted by atomic mass is 35.5. The summed E-state index contributed by atoms with van der Waals surface area (Å²) < 4.78 is 5.48. The second-order valence-electron chi connectivity index (χ2n) is 3.60. The molecule has 0 aliphatic carbocycles. The third kappa shape index (κ3) is 2.06. The SMILES string of the molecule is CCOC1CN(c2ncnc(Cl)c2C)C1. The lowest BCUT2D eigenvalue weighted by Crippen LogP contribution is -2.53. The lowest BCUT2D eigenvalue weighted by atomic mass is 10.1. The first-order valence-electron chi connectivity index (χ1n) is 5.06. The maximum atomic E-state index is 5.93. The molecule has 0 amide bonds. The van der Waals surface area contributed by atoms with Gasteiger partial charge in [-0.05, 0) is 13.8 Å². The minimum Gasteiger partial charge on any atom is -0.375 e. The molecule has 1 aromatic heterocycles. The minimum atomic E-state index is 0.336. The van der Waals surface area contributed by atoms with Crippen LogP contribution in [0.1, 0.15) is 12.5 Å². The second-order valence-corrected chi connectivity index (χ2v) is 3.95.